The lowest BCUT2D eigenvalue weighted by molar-refractivity contribution is 0.428. The predicted molar refractivity (Wildman–Crippen MR) is 120 cm³/mol. The van der Waals surface area contributed by atoms with Crippen molar-refractivity contribution in [1.29, 1.82) is 0 Å². The van der Waals surface area contributed by atoms with E-state index < -0.39 is 0 Å². The zero-order valence-electron chi connectivity index (χ0n) is 17.7. The SMILES string of the molecule is CCC(CC)n1cc(-c2nc(C(C=NC3CCNCC3)=CN)cn3nccc23)cn1. The van der Waals surface area contributed by atoms with E-state index in [4.69, 9.17) is 15.7 Å². The van der Waals surface area contributed by atoms with Crippen molar-refractivity contribution in [2.45, 2.75) is 51.6 Å². The topological polar surface area (TPSA) is 98.4 Å². The normalized spacial score (nSPS) is 16.3. The second-order valence-electron chi connectivity index (χ2n) is 7.70. The number of aromatic nitrogens is 5. The highest BCUT2D eigenvalue weighted by molar-refractivity contribution is 6.09. The van der Waals surface area contributed by atoms with E-state index in [1.165, 1.54) is 0 Å². The number of aliphatic imine (C=N–C) groups is 1. The molecule has 0 spiro atoms. The molecule has 0 unspecified atom stereocenters. The molecule has 1 fully saturated rings. The highest BCUT2D eigenvalue weighted by Crippen LogP contribution is 2.26. The quantitative estimate of drug-likeness (QED) is 0.588. The van der Waals surface area contributed by atoms with Crippen LogP contribution < -0.4 is 11.1 Å². The molecule has 0 amide bonds. The molecule has 0 atom stereocenters. The third-order valence-electron chi connectivity index (χ3n) is 5.79. The maximum Gasteiger partial charge on any atom is 0.0999 e. The Balaban J connectivity index is 1.69. The predicted octanol–water partition coefficient (Wildman–Crippen LogP) is 3.08. The van der Waals surface area contributed by atoms with Crippen LogP contribution in [0.15, 0.2) is 42.0 Å². The number of hydrogen-bond acceptors (Lipinski definition) is 6. The van der Waals surface area contributed by atoms with E-state index in [9.17, 15) is 0 Å². The number of fused-ring (bicyclic) bond motifs is 1. The first-order valence-electron chi connectivity index (χ1n) is 10.8. The molecule has 3 N–H and O–H groups in total. The molecule has 4 rings (SSSR count). The van der Waals surface area contributed by atoms with Gasteiger partial charge in [0, 0.05) is 29.7 Å². The molecule has 1 saturated heterocycles. The first-order chi connectivity index (χ1) is 14.7. The van der Waals surface area contributed by atoms with Crippen molar-refractivity contribution in [1.82, 2.24) is 29.7 Å². The molecule has 1 aliphatic heterocycles. The van der Waals surface area contributed by atoms with Crippen LogP contribution in [0, 0.1) is 0 Å². The summed E-state index contributed by atoms with van der Waals surface area (Å²) in [5, 5.41) is 12.4. The number of hydrogen-bond donors (Lipinski definition) is 2. The average Bonchev–Trinajstić information content (AvgIpc) is 3.45. The van der Waals surface area contributed by atoms with Gasteiger partial charge in [-0.05, 0) is 44.8 Å². The Bertz CT molecular complexity index is 1030. The summed E-state index contributed by atoms with van der Waals surface area (Å²) < 4.78 is 3.88. The molecule has 4 heterocycles. The molecule has 3 aromatic heterocycles. The lowest BCUT2D eigenvalue weighted by atomic mass is 10.1. The van der Waals surface area contributed by atoms with E-state index in [0.29, 0.717) is 12.1 Å². The van der Waals surface area contributed by atoms with Gasteiger partial charge in [0.05, 0.1) is 47.6 Å². The molecule has 0 aromatic carbocycles. The molecule has 3 aromatic rings. The van der Waals surface area contributed by atoms with Crippen LogP contribution in [-0.4, -0.2) is 49.7 Å². The minimum absolute atomic E-state index is 0.326. The maximum absolute atomic E-state index is 5.96. The largest absolute Gasteiger partial charge is 0.404 e. The fourth-order valence-corrected chi connectivity index (χ4v) is 3.94. The molecule has 8 heteroatoms. The summed E-state index contributed by atoms with van der Waals surface area (Å²) in [6.45, 7) is 6.38. The van der Waals surface area contributed by atoms with E-state index in [1.807, 2.05) is 33.9 Å². The van der Waals surface area contributed by atoms with Crippen molar-refractivity contribution in [3.8, 4) is 11.3 Å². The lowest BCUT2D eigenvalue weighted by Crippen LogP contribution is -2.29. The van der Waals surface area contributed by atoms with Gasteiger partial charge in [0.25, 0.3) is 0 Å². The molecular formula is C22H30N8. The second kappa shape index (κ2) is 9.21. The van der Waals surface area contributed by atoms with Crippen LogP contribution in [0.1, 0.15) is 51.3 Å². The minimum atomic E-state index is 0.326. The average molecular weight is 407 g/mol. The number of allylic oxidation sites excluding steroid dienone is 1. The van der Waals surface area contributed by atoms with Gasteiger partial charge < -0.3 is 11.1 Å². The van der Waals surface area contributed by atoms with E-state index in [2.05, 4.69) is 35.6 Å². The maximum atomic E-state index is 5.96. The Morgan fingerprint density at radius 2 is 2.07 bits per heavy atom. The molecule has 0 aliphatic carbocycles. The minimum Gasteiger partial charge on any atom is -0.404 e. The van der Waals surface area contributed by atoms with E-state index in [0.717, 1.165) is 66.8 Å². The Morgan fingerprint density at radius 3 is 2.80 bits per heavy atom. The van der Waals surface area contributed by atoms with Crippen molar-refractivity contribution in [2.24, 2.45) is 10.7 Å². The van der Waals surface area contributed by atoms with Gasteiger partial charge >= 0.3 is 0 Å². The van der Waals surface area contributed by atoms with E-state index in [1.54, 1.807) is 12.4 Å². The molecule has 0 saturated carbocycles. The van der Waals surface area contributed by atoms with Crippen molar-refractivity contribution < 1.29 is 0 Å². The monoisotopic (exact) mass is 406 g/mol. The Hall–Kier alpha value is -3.00. The van der Waals surface area contributed by atoms with Gasteiger partial charge in [-0.3, -0.25) is 9.67 Å². The number of nitrogens with zero attached hydrogens (tertiary/aromatic N) is 6. The summed E-state index contributed by atoms with van der Waals surface area (Å²) in [5.41, 5.74) is 10.3. The number of rotatable bonds is 7. The Labute approximate surface area is 176 Å². The summed E-state index contributed by atoms with van der Waals surface area (Å²) in [7, 11) is 0. The van der Waals surface area contributed by atoms with Crippen LogP contribution in [0.3, 0.4) is 0 Å². The summed E-state index contributed by atoms with van der Waals surface area (Å²) in [4.78, 5) is 9.69. The Kier molecular flexibility index (Phi) is 6.23. The van der Waals surface area contributed by atoms with Gasteiger partial charge in [0.15, 0.2) is 0 Å². The fourth-order valence-electron chi connectivity index (χ4n) is 3.94. The highest BCUT2D eigenvalue weighted by Gasteiger charge is 2.16. The van der Waals surface area contributed by atoms with Gasteiger partial charge in [0.2, 0.25) is 0 Å². The highest BCUT2D eigenvalue weighted by atomic mass is 15.3. The molecule has 0 bridgehead atoms. The molecule has 0 radical (unpaired) electrons. The van der Waals surface area contributed by atoms with Crippen molar-refractivity contribution in [3.63, 3.8) is 0 Å². The number of nitrogens with one attached hydrogen (secondary N) is 1. The molecule has 158 valence electrons. The summed E-state index contributed by atoms with van der Waals surface area (Å²) >= 11 is 0. The van der Waals surface area contributed by atoms with E-state index in [-0.39, 0.29) is 0 Å². The van der Waals surface area contributed by atoms with Gasteiger partial charge in [0.1, 0.15) is 0 Å². The number of nitrogens with two attached hydrogens (primary N) is 1. The first kappa shape index (κ1) is 20.3. The zero-order valence-corrected chi connectivity index (χ0v) is 17.7. The third-order valence-corrected chi connectivity index (χ3v) is 5.79. The van der Waals surface area contributed by atoms with Crippen molar-refractivity contribution in [3.05, 3.63) is 42.7 Å². The first-order valence-corrected chi connectivity index (χ1v) is 10.8. The van der Waals surface area contributed by atoms with Crippen LogP contribution in [0.4, 0.5) is 0 Å². The van der Waals surface area contributed by atoms with Crippen LogP contribution in [-0.2, 0) is 0 Å². The van der Waals surface area contributed by atoms with Gasteiger partial charge in [-0.2, -0.15) is 10.2 Å². The van der Waals surface area contributed by atoms with Gasteiger partial charge in [-0.25, -0.2) is 9.50 Å². The standard InChI is InChI=1S/C22H30N8/c1-3-19(4-2)29-14-17(13-27-29)22-21-7-10-26-30(21)15-20(28-22)16(11-23)12-25-18-5-8-24-9-6-18/h7,10-15,18-19,24H,3-6,8-9,23H2,1-2H3. The van der Waals surface area contributed by atoms with Gasteiger partial charge in [-0.15, -0.1) is 0 Å². The summed E-state index contributed by atoms with van der Waals surface area (Å²) in [6, 6.07) is 2.68. The van der Waals surface area contributed by atoms with Crippen LogP contribution in [0.25, 0.3) is 22.3 Å². The Morgan fingerprint density at radius 1 is 1.27 bits per heavy atom. The van der Waals surface area contributed by atoms with Crippen molar-refractivity contribution in [2.75, 3.05) is 13.1 Å². The van der Waals surface area contributed by atoms with Gasteiger partial charge in [-0.1, -0.05) is 13.8 Å². The zero-order chi connectivity index (χ0) is 20.9. The van der Waals surface area contributed by atoms with Crippen molar-refractivity contribution >= 4 is 17.3 Å². The summed E-state index contributed by atoms with van der Waals surface area (Å²) in [6.07, 6.45) is 15.2. The number of piperidine rings is 1. The molecular weight excluding hydrogens is 376 g/mol. The lowest BCUT2D eigenvalue weighted by Gasteiger charge is -2.18. The fraction of sp³-hybridized carbons (Fsp3) is 0.455. The smallest absolute Gasteiger partial charge is 0.0999 e. The summed E-state index contributed by atoms with van der Waals surface area (Å²) in [5.74, 6) is 0. The molecule has 1 aliphatic rings. The van der Waals surface area contributed by atoms with E-state index >= 15 is 0 Å². The second-order valence-corrected chi connectivity index (χ2v) is 7.70. The van der Waals surface area contributed by atoms with Crippen LogP contribution >= 0.6 is 0 Å². The third kappa shape index (κ3) is 4.14. The van der Waals surface area contributed by atoms with Crippen LogP contribution in [0.5, 0.6) is 0 Å². The molecule has 8 nitrogen and oxygen atoms in total. The molecule has 30 heavy (non-hydrogen) atoms. The van der Waals surface area contributed by atoms with Crippen LogP contribution in [0.2, 0.25) is 0 Å².